The fourth-order valence-electron chi connectivity index (χ4n) is 4.38. The molecule has 0 saturated heterocycles. The van der Waals surface area contributed by atoms with Crippen LogP contribution in [0.4, 0.5) is 0 Å². The molecule has 0 saturated carbocycles. The van der Waals surface area contributed by atoms with Crippen molar-refractivity contribution in [2.45, 2.75) is 89.8 Å². The lowest BCUT2D eigenvalue weighted by Gasteiger charge is -2.34. The van der Waals surface area contributed by atoms with Crippen LogP contribution in [0.3, 0.4) is 0 Å². The Kier molecular flexibility index (Phi) is 12.4. The molecule has 0 aliphatic rings. The summed E-state index contributed by atoms with van der Waals surface area (Å²) in [6.45, 7) is 3.82. The SMILES string of the molecule is CC[n+]1ccc(-c2cc[n+](CCCCCC(=O)NC(CCC(=O)O)(CCC(=O)O)CCC(=O)O)cc2)cc1. The highest BCUT2D eigenvalue weighted by molar-refractivity contribution is 5.77. The molecule has 4 N–H and O–H groups in total. The van der Waals surface area contributed by atoms with Gasteiger partial charge in [-0.2, -0.15) is 0 Å². The zero-order chi connectivity index (χ0) is 28.0. The average molecular weight is 530 g/mol. The summed E-state index contributed by atoms with van der Waals surface area (Å²) in [6.07, 6.45) is 9.69. The van der Waals surface area contributed by atoms with E-state index in [1.54, 1.807) is 0 Å². The van der Waals surface area contributed by atoms with Gasteiger partial charge >= 0.3 is 17.9 Å². The van der Waals surface area contributed by atoms with E-state index in [-0.39, 0.29) is 50.9 Å². The second-order valence-electron chi connectivity index (χ2n) is 9.56. The molecule has 0 unspecified atom stereocenters. The minimum absolute atomic E-state index is 0.0249. The Balaban J connectivity index is 1.85. The van der Waals surface area contributed by atoms with Gasteiger partial charge in [-0.1, -0.05) is 0 Å². The lowest BCUT2D eigenvalue weighted by molar-refractivity contribution is -0.697. The second-order valence-corrected chi connectivity index (χ2v) is 9.56. The van der Waals surface area contributed by atoms with Crippen molar-refractivity contribution in [3.8, 4) is 11.1 Å². The van der Waals surface area contributed by atoms with Crippen molar-refractivity contribution in [2.75, 3.05) is 0 Å². The number of carboxylic acid groups (broad SMARTS) is 3. The Morgan fingerprint density at radius 1 is 0.684 bits per heavy atom. The largest absolute Gasteiger partial charge is 0.481 e. The van der Waals surface area contributed by atoms with E-state index in [1.165, 1.54) is 0 Å². The van der Waals surface area contributed by atoms with Gasteiger partial charge in [0, 0.05) is 61.9 Å². The minimum atomic E-state index is -1.18. The van der Waals surface area contributed by atoms with Gasteiger partial charge in [0.05, 0.1) is 0 Å². The van der Waals surface area contributed by atoms with Gasteiger partial charge in [-0.15, -0.1) is 0 Å². The molecule has 0 aliphatic heterocycles. The Morgan fingerprint density at radius 3 is 1.55 bits per heavy atom. The van der Waals surface area contributed by atoms with Crippen molar-refractivity contribution >= 4 is 23.8 Å². The molecule has 2 aromatic heterocycles. The normalized spacial score (nSPS) is 11.2. The van der Waals surface area contributed by atoms with Gasteiger partial charge in [-0.05, 0) is 50.2 Å². The summed E-state index contributed by atoms with van der Waals surface area (Å²) >= 11 is 0. The molecule has 38 heavy (non-hydrogen) atoms. The first-order valence-electron chi connectivity index (χ1n) is 13.1. The summed E-state index contributed by atoms with van der Waals surface area (Å²) in [5.41, 5.74) is 1.11. The molecule has 0 fully saturated rings. The van der Waals surface area contributed by atoms with Crippen molar-refractivity contribution in [3.05, 3.63) is 49.1 Å². The Morgan fingerprint density at radius 2 is 1.13 bits per heavy atom. The maximum absolute atomic E-state index is 12.7. The molecule has 10 nitrogen and oxygen atoms in total. The molecule has 10 heteroatoms. The van der Waals surface area contributed by atoms with Gasteiger partial charge in [0.15, 0.2) is 24.8 Å². The van der Waals surface area contributed by atoms with Crippen LogP contribution in [0.25, 0.3) is 11.1 Å². The zero-order valence-corrected chi connectivity index (χ0v) is 22.0. The van der Waals surface area contributed by atoms with Gasteiger partial charge < -0.3 is 20.6 Å². The van der Waals surface area contributed by atoms with Crippen LogP contribution in [0.5, 0.6) is 0 Å². The summed E-state index contributed by atoms with van der Waals surface area (Å²) in [7, 11) is 0. The van der Waals surface area contributed by atoms with E-state index in [4.69, 9.17) is 15.3 Å². The van der Waals surface area contributed by atoms with Crippen molar-refractivity contribution in [1.82, 2.24) is 5.32 Å². The minimum Gasteiger partial charge on any atom is -0.481 e. The third kappa shape index (κ3) is 11.1. The molecule has 0 aliphatic carbocycles. The van der Waals surface area contributed by atoms with Crippen molar-refractivity contribution in [1.29, 1.82) is 0 Å². The number of pyridine rings is 2. The van der Waals surface area contributed by atoms with Crippen LogP contribution >= 0.6 is 0 Å². The molecule has 2 rings (SSSR count). The topological polar surface area (TPSA) is 149 Å². The van der Waals surface area contributed by atoms with Gasteiger partial charge in [0.1, 0.15) is 13.1 Å². The monoisotopic (exact) mass is 529 g/mol. The van der Waals surface area contributed by atoms with Crippen LogP contribution in [0.1, 0.15) is 71.1 Å². The molecule has 1 amide bonds. The molecule has 0 spiro atoms. The Hall–Kier alpha value is -3.82. The number of aromatic nitrogens is 2. The molecule has 0 atom stereocenters. The fourth-order valence-corrected chi connectivity index (χ4v) is 4.38. The van der Waals surface area contributed by atoms with E-state index in [0.29, 0.717) is 6.42 Å². The number of hydrogen-bond donors (Lipinski definition) is 4. The van der Waals surface area contributed by atoms with Gasteiger partial charge in [-0.3, -0.25) is 19.2 Å². The maximum atomic E-state index is 12.7. The third-order valence-corrected chi connectivity index (χ3v) is 6.66. The number of hydrogen-bond acceptors (Lipinski definition) is 4. The number of amides is 1. The lowest BCUT2D eigenvalue weighted by Crippen LogP contribution is -2.49. The van der Waals surface area contributed by atoms with E-state index in [2.05, 4.69) is 58.0 Å². The van der Waals surface area contributed by atoms with Crippen molar-refractivity contribution in [2.24, 2.45) is 0 Å². The molecule has 2 aromatic rings. The van der Waals surface area contributed by atoms with E-state index in [1.807, 2.05) is 12.4 Å². The van der Waals surface area contributed by atoms with Crippen LogP contribution in [-0.2, 0) is 32.3 Å². The molecule has 0 radical (unpaired) electrons. The number of nitrogens with one attached hydrogen (secondary N) is 1. The average Bonchev–Trinajstić information content (AvgIpc) is 2.89. The van der Waals surface area contributed by atoms with Crippen LogP contribution in [0.2, 0.25) is 0 Å². The standard InChI is InChI=1S/C28H37N3O7/c1-2-30-18-10-22(11-19-30)23-12-20-31(21-13-23)17-5-3-4-6-24(32)29-28(14-7-25(33)34,15-8-26(35)36)16-9-27(37)38/h10-13,18-21H,2-9,14-17H2,1H3,(H2-2,29,32,33,34,35,36,37,38)/p+2. The van der Waals surface area contributed by atoms with Gasteiger partial charge in [0.2, 0.25) is 5.91 Å². The first-order valence-corrected chi connectivity index (χ1v) is 13.1. The van der Waals surface area contributed by atoms with Crippen LogP contribution in [-0.4, -0.2) is 44.7 Å². The smallest absolute Gasteiger partial charge is 0.303 e. The van der Waals surface area contributed by atoms with Gasteiger partial charge in [-0.25, -0.2) is 9.13 Å². The predicted molar refractivity (Wildman–Crippen MR) is 138 cm³/mol. The molecule has 206 valence electrons. The summed E-state index contributed by atoms with van der Waals surface area (Å²) in [5.74, 6) is -3.59. The number of carbonyl (C=O) groups is 4. The molecule has 2 heterocycles. The summed E-state index contributed by atoms with van der Waals surface area (Å²) in [5, 5.41) is 30.1. The predicted octanol–water partition coefficient (Wildman–Crippen LogP) is 2.96. The van der Waals surface area contributed by atoms with Crippen LogP contribution < -0.4 is 14.5 Å². The third-order valence-electron chi connectivity index (χ3n) is 6.66. The van der Waals surface area contributed by atoms with E-state index in [0.717, 1.165) is 37.1 Å². The summed E-state index contributed by atoms with van der Waals surface area (Å²) < 4.78 is 4.20. The highest BCUT2D eigenvalue weighted by Crippen LogP contribution is 2.26. The molecule has 0 aromatic carbocycles. The molecular weight excluding hydrogens is 490 g/mol. The van der Waals surface area contributed by atoms with Crippen LogP contribution in [0.15, 0.2) is 49.1 Å². The highest BCUT2D eigenvalue weighted by Gasteiger charge is 2.33. The quantitative estimate of drug-likeness (QED) is 0.171. The first kappa shape index (κ1) is 30.4. The zero-order valence-electron chi connectivity index (χ0n) is 22.0. The van der Waals surface area contributed by atoms with E-state index in [9.17, 15) is 19.2 Å². The molecular formula is C28H39N3O7+2. The maximum Gasteiger partial charge on any atom is 0.303 e. The number of aryl methyl sites for hydroxylation is 2. The number of nitrogens with zero attached hydrogens (tertiary/aromatic N) is 2. The van der Waals surface area contributed by atoms with Crippen molar-refractivity contribution < 1.29 is 43.6 Å². The number of rotatable bonds is 18. The van der Waals surface area contributed by atoms with Crippen LogP contribution in [0, 0.1) is 0 Å². The van der Waals surface area contributed by atoms with E-state index >= 15 is 0 Å². The van der Waals surface area contributed by atoms with E-state index < -0.39 is 23.4 Å². The number of unbranched alkanes of at least 4 members (excludes halogenated alkanes) is 2. The highest BCUT2D eigenvalue weighted by atomic mass is 16.4. The summed E-state index contributed by atoms with van der Waals surface area (Å²) in [4.78, 5) is 46.1. The molecule has 0 bridgehead atoms. The van der Waals surface area contributed by atoms with Gasteiger partial charge in [0.25, 0.3) is 0 Å². The first-order chi connectivity index (χ1) is 18.1. The second kappa shape index (κ2) is 15.4. The Labute approximate surface area is 222 Å². The summed E-state index contributed by atoms with van der Waals surface area (Å²) in [6, 6.07) is 8.33. The lowest BCUT2D eigenvalue weighted by atomic mass is 9.83. The fraction of sp³-hybridized carbons (Fsp3) is 0.500. The Bertz CT molecular complexity index is 1020. The number of aliphatic carboxylic acids is 3. The number of carbonyl (C=O) groups excluding carboxylic acids is 1. The van der Waals surface area contributed by atoms with Crippen molar-refractivity contribution in [3.63, 3.8) is 0 Å². The number of carboxylic acids is 3.